The highest BCUT2D eigenvalue weighted by Gasteiger charge is 2.07. The van der Waals surface area contributed by atoms with Crippen molar-refractivity contribution in [3.8, 4) is 0 Å². The molecule has 0 saturated heterocycles. The van der Waals surface area contributed by atoms with Crippen LogP contribution in [-0.2, 0) is 0 Å². The Kier molecular flexibility index (Phi) is 4.27. The van der Waals surface area contributed by atoms with Crippen molar-refractivity contribution in [2.75, 3.05) is 11.6 Å². The summed E-state index contributed by atoms with van der Waals surface area (Å²) in [7, 11) is 0. The molecule has 19 heavy (non-hydrogen) atoms. The number of thioether (sulfide) groups is 1. The van der Waals surface area contributed by atoms with Crippen molar-refractivity contribution in [2.45, 2.75) is 18.7 Å². The number of amides is 1. The lowest BCUT2D eigenvalue weighted by molar-refractivity contribution is 0.102. The maximum Gasteiger partial charge on any atom is 0.255 e. The van der Waals surface area contributed by atoms with Gasteiger partial charge in [-0.3, -0.25) is 4.79 Å². The quantitative estimate of drug-likeness (QED) is 0.844. The van der Waals surface area contributed by atoms with Gasteiger partial charge in [0.25, 0.3) is 5.91 Å². The van der Waals surface area contributed by atoms with Crippen molar-refractivity contribution in [3.63, 3.8) is 0 Å². The van der Waals surface area contributed by atoms with Crippen LogP contribution in [0.5, 0.6) is 0 Å². The van der Waals surface area contributed by atoms with Gasteiger partial charge in [-0.1, -0.05) is 12.1 Å². The number of aryl methyl sites for hydroxylation is 2. The summed E-state index contributed by atoms with van der Waals surface area (Å²) in [4.78, 5) is 13.3. The molecule has 0 fully saturated rings. The molecule has 0 spiro atoms. The van der Waals surface area contributed by atoms with Crippen molar-refractivity contribution in [2.24, 2.45) is 0 Å². The number of hydrogen-bond acceptors (Lipinski definition) is 2. The van der Waals surface area contributed by atoms with E-state index >= 15 is 0 Å². The van der Waals surface area contributed by atoms with Crippen molar-refractivity contribution < 1.29 is 4.79 Å². The monoisotopic (exact) mass is 271 g/mol. The lowest BCUT2D eigenvalue weighted by Crippen LogP contribution is -2.12. The summed E-state index contributed by atoms with van der Waals surface area (Å²) < 4.78 is 0. The zero-order chi connectivity index (χ0) is 13.8. The van der Waals surface area contributed by atoms with Crippen LogP contribution < -0.4 is 5.32 Å². The first-order valence-electron chi connectivity index (χ1n) is 6.13. The van der Waals surface area contributed by atoms with Gasteiger partial charge >= 0.3 is 0 Å². The first kappa shape index (κ1) is 13.7. The van der Waals surface area contributed by atoms with Crippen LogP contribution in [0.2, 0.25) is 0 Å². The standard InChI is InChI=1S/C16H17NOS/c1-11-4-5-12(2)15(10-11)17-16(18)13-6-8-14(19-3)9-7-13/h4-10H,1-3H3,(H,17,18). The van der Waals surface area contributed by atoms with Gasteiger partial charge in [0.2, 0.25) is 0 Å². The van der Waals surface area contributed by atoms with E-state index in [0.717, 1.165) is 21.7 Å². The number of nitrogens with one attached hydrogen (secondary N) is 1. The van der Waals surface area contributed by atoms with Crippen molar-refractivity contribution in [3.05, 3.63) is 59.2 Å². The molecular formula is C16H17NOS. The molecule has 3 heteroatoms. The maximum absolute atomic E-state index is 12.2. The zero-order valence-corrected chi connectivity index (χ0v) is 12.2. The molecule has 0 saturated carbocycles. The van der Waals surface area contributed by atoms with Crippen LogP contribution in [0, 0.1) is 13.8 Å². The molecule has 0 atom stereocenters. The van der Waals surface area contributed by atoms with E-state index in [2.05, 4.69) is 5.32 Å². The predicted molar refractivity (Wildman–Crippen MR) is 82.1 cm³/mol. The molecule has 0 radical (unpaired) electrons. The Bertz CT molecular complexity index is 590. The Morgan fingerprint density at radius 1 is 1.05 bits per heavy atom. The number of hydrogen-bond donors (Lipinski definition) is 1. The third-order valence-electron chi connectivity index (χ3n) is 2.99. The molecule has 1 amide bonds. The van der Waals surface area contributed by atoms with Crippen LogP contribution in [0.1, 0.15) is 21.5 Å². The molecule has 0 aliphatic carbocycles. The highest BCUT2D eigenvalue weighted by molar-refractivity contribution is 7.98. The molecule has 2 rings (SSSR count). The van der Waals surface area contributed by atoms with E-state index in [0.29, 0.717) is 5.56 Å². The van der Waals surface area contributed by atoms with E-state index in [1.54, 1.807) is 11.8 Å². The van der Waals surface area contributed by atoms with Crippen LogP contribution >= 0.6 is 11.8 Å². The molecule has 0 bridgehead atoms. The summed E-state index contributed by atoms with van der Waals surface area (Å²) in [6, 6.07) is 13.7. The summed E-state index contributed by atoms with van der Waals surface area (Å²) in [5.74, 6) is -0.0682. The van der Waals surface area contributed by atoms with Crippen LogP contribution in [0.25, 0.3) is 0 Å². The van der Waals surface area contributed by atoms with E-state index < -0.39 is 0 Å². The third kappa shape index (κ3) is 3.38. The van der Waals surface area contributed by atoms with Gasteiger partial charge < -0.3 is 5.32 Å². The van der Waals surface area contributed by atoms with E-state index in [1.807, 2.05) is 62.6 Å². The molecule has 1 N–H and O–H groups in total. The fourth-order valence-corrected chi connectivity index (χ4v) is 2.22. The number of carbonyl (C=O) groups excluding carboxylic acids is 1. The molecule has 0 heterocycles. The predicted octanol–water partition coefficient (Wildman–Crippen LogP) is 4.28. The third-order valence-corrected chi connectivity index (χ3v) is 3.74. The smallest absolute Gasteiger partial charge is 0.255 e. The molecule has 0 aromatic heterocycles. The van der Waals surface area contributed by atoms with Gasteiger partial charge in [0, 0.05) is 16.1 Å². The van der Waals surface area contributed by atoms with Crippen LogP contribution in [0.4, 0.5) is 5.69 Å². The molecule has 98 valence electrons. The molecule has 0 aliphatic rings. The van der Waals surface area contributed by atoms with Gasteiger partial charge in [0.05, 0.1) is 0 Å². The Balaban J connectivity index is 2.18. The van der Waals surface area contributed by atoms with Crippen molar-refractivity contribution in [1.82, 2.24) is 0 Å². The van der Waals surface area contributed by atoms with Gasteiger partial charge in [-0.15, -0.1) is 11.8 Å². The zero-order valence-electron chi connectivity index (χ0n) is 11.4. The topological polar surface area (TPSA) is 29.1 Å². The van der Waals surface area contributed by atoms with E-state index in [4.69, 9.17) is 0 Å². The first-order chi connectivity index (χ1) is 9.10. The van der Waals surface area contributed by atoms with E-state index in [1.165, 1.54) is 0 Å². The molecule has 2 nitrogen and oxygen atoms in total. The van der Waals surface area contributed by atoms with Gasteiger partial charge in [0.1, 0.15) is 0 Å². The number of carbonyl (C=O) groups is 1. The van der Waals surface area contributed by atoms with Crippen LogP contribution in [0.3, 0.4) is 0 Å². The normalized spacial score (nSPS) is 10.3. The summed E-state index contributed by atoms with van der Waals surface area (Å²) >= 11 is 1.67. The number of anilines is 1. The minimum atomic E-state index is -0.0682. The van der Waals surface area contributed by atoms with E-state index in [-0.39, 0.29) is 5.91 Å². The molecular weight excluding hydrogens is 254 g/mol. The average Bonchev–Trinajstić information content (AvgIpc) is 2.43. The minimum absolute atomic E-state index is 0.0682. The largest absolute Gasteiger partial charge is 0.322 e. The summed E-state index contributed by atoms with van der Waals surface area (Å²) in [5, 5.41) is 2.96. The lowest BCUT2D eigenvalue weighted by atomic mass is 10.1. The SMILES string of the molecule is CSc1ccc(C(=O)Nc2cc(C)ccc2C)cc1. The fourth-order valence-electron chi connectivity index (χ4n) is 1.81. The summed E-state index contributed by atoms with van der Waals surface area (Å²) in [6.45, 7) is 4.01. The Labute approximate surface area is 118 Å². The molecule has 0 unspecified atom stereocenters. The average molecular weight is 271 g/mol. The second-order valence-electron chi connectivity index (χ2n) is 4.50. The van der Waals surface area contributed by atoms with Gasteiger partial charge in [-0.2, -0.15) is 0 Å². The van der Waals surface area contributed by atoms with Crippen LogP contribution in [0.15, 0.2) is 47.4 Å². The van der Waals surface area contributed by atoms with E-state index in [9.17, 15) is 4.79 Å². The maximum atomic E-state index is 12.2. The van der Waals surface area contributed by atoms with Crippen LogP contribution in [-0.4, -0.2) is 12.2 Å². The second-order valence-corrected chi connectivity index (χ2v) is 5.38. The van der Waals surface area contributed by atoms with Gasteiger partial charge in [0.15, 0.2) is 0 Å². The second kappa shape index (κ2) is 5.93. The lowest BCUT2D eigenvalue weighted by Gasteiger charge is -2.09. The highest BCUT2D eigenvalue weighted by Crippen LogP contribution is 2.19. The van der Waals surface area contributed by atoms with Crippen molar-refractivity contribution >= 4 is 23.4 Å². The summed E-state index contributed by atoms with van der Waals surface area (Å²) in [6.07, 6.45) is 2.02. The van der Waals surface area contributed by atoms with Crippen molar-refractivity contribution in [1.29, 1.82) is 0 Å². The highest BCUT2D eigenvalue weighted by atomic mass is 32.2. The van der Waals surface area contributed by atoms with Gasteiger partial charge in [-0.05, 0) is 61.6 Å². The number of rotatable bonds is 3. The summed E-state index contributed by atoms with van der Waals surface area (Å²) in [5.41, 5.74) is 3.76. The molecule has 2 aromatic rings. The fraction of sp³-hybridized carbons (Fsp3) is 0.188. The molecule has 2 aromatic carbocycles. The Hall–Kier alpha value is -1.74. The Morgan fingerprint density at radius 3 is 2.37 bits per heavy atom. The minimum Gasteiger partial charge on any atom is -0.322 e. The first-order valence-corrected chi connectivity index (χ1v) is 7.35. The number of benzene rings is 2. The molecule has 0 aliphatic heterocycles. The Morgan fingerprint density at radius 2 is 1.74 bits per heavy atom. The van der Waals surface area contributed by atoms with Gasteiger partial charge in [-0.25, -0.2) is 0 Å².